The van der Waals surface area contributed by atoms with Gasteiger partial charge < -0.3 is 16.0 Å². The summed E-state index contributed by atoms with van der Waals surface area (Å²) in [6, 6.07) is 23.9. The molecule has 0 aliphatic heterocycles. The summed E-state index contributed by atoms with van der Waals surface area (Å²) < 4.78 is 0. The number of nitrogens with two attached hydrogens (primary N) is 1. The largest absolute Gasteiger partial charge is 0.349 e. The number of aromatic amines is 1. The number of nitrogens with zero attached hydrogens (tertiary/aromatic N) is 5. The third-order valence-electron chi connectivity index (χ3n) is 7.62. The number of hydrogen-bond donors (Lipinski definition) is 4. The lowest BCUT2D eigenvalue weighted by atomic mass is 9.84. The van der Waals surface area contributed by atoms with Gasteiger partial charge in [-0.1, -0.05) is 72.4 Å². The van der Waals surface area contributed by atoms with Crippen LogP contribution < -0.4 is 21.3 Å². The van der Waals surface area contributed by atoms with Crippen LogP contribution in [-0.2, 0) is 6.54 Å². The monoisotopic (exact) mass is 585 g/mol. The molecule has 1 atom stereocenters. The number of hydrogen-bond acceptors (Lipinski definition) is 6. The van der Waals surface area contributed by atoms with Gasteiger partial charge in [0.1, 0.15) is 0 Å². The fourth-order valence-electron chi connectivity index (χ4n) is 5.31. The third kappa shape index (κ3) is 7.51. The van der Waals surface area contributed by atoms with Gasteiger partial charge in [0.05, 0.1) is 19.3 Å². The number of carbonyl (C=O) groups excluding carboxylic acids is 1. The zero-order valence-corrected chi connectivity index (χ0v) is 24.4. The summed E-state index contributed by atoms with van der Waals surface area (Å²) in [7, 11) is 0. The Bertz CT molecular complexity index is 1450. The van der Waals surface area contributed by atoms with Gasteiger partial charge in [-0.05, 0) is 84.0 Å². The molecule has 10 nitrogen and oxygen atoms in total. The number of aromatic nitrogens is 4. The lowest BCUT2D eigenvalue weighted by Gasteiger charge is -2.30. The average molecular weight is 586 g/mol. The van der Waals surface area contributed by atoms with Crippen molar-refractivity contribution < 1.29 is 4.79 Å². The van der Waals surface area contributed by atoms with Crippen molar-refractivity contribution in [1.29, 1.82) is 0 Å². The van der Waals surface area contributed by atoms with Crippen molar-refractivity contribution in [2.24, 2.45) is 10.7 Å². The summed E-state index contributed by atoms with van der Waals surface area (Å²) in [6.45, 7) is 2.72. The Labute approximate surface area is 250 Å². The van der Waals surface area contributed by atoms with Crippen LogP contribution in [0.4, 0.5) is 11.6 Å². The lowest BCUT2D eigenvalue weighted by Crippen LogP contribution is -2.43. The molecule has 1 aliphatic carbocycles. The number of H-pyrrole nitrogens is 1. The van der Waals surface area contributed by atoms with E-state index in [1.165, 1.54) is 37.7 Å². The van der Waals surface area contributed by atoms with E-state index in [9.17, 15) is 4.79 Å². The number of anilines is 2. The fraction of sp³-hybridized carbons (Fsp3) is 0.323. The molecule has 4 aromatic rings. The maximum absolute atomic E-state index is 12.6. The van der Waals surface area contributed by atoms with Crippen molar-refractivity contribution in [2.75, 3.05) is 16.9 Å². The van der Waals surface area contributed by atoms with Gasteiger partial charge in [-0.15, -0.1) is 5.10 Å². The minimum Gasteiger partial charge on any atom is -0.349 e. The molecule has 0 spiro atoms. The highest BCUT2D eigenvalue weighted by molar-refractivity contribution is 6.30. The molecule has 0 radical (unpaired) electrons. The van der Waals surface area contributed by atoms with Crippen LogP contribution in [0.15, 0.2) is 77.8 Å². The topological polar surface area (TPSA) is 137 Å². The summed E-state index contributed by atoms with van der Waals surface area (Å²) in [5, 5.41) is 20.2. The van der Waals surface area contributed by atoms with E-state index < -0.39 is 0 Å². The normalized spacial score (nSPS) is 14.8. The molecule has 1 unspecified atom stereocenters. The first-order chi connectivity index (χ1) is 20.5. The van der Waals surface area contributed by atoms with Gasteiger partial charge in [0.15, 0.2) is 0 Å². The number of benzene rings is 3. The first kappa shape index (κ1) is 29.2. The maximum Gasteiger partial charge on any atom is 0.270 e. The zero-order chi connectivity index (χ0) is 29.3. The summed E-state index contributed by atoms with van der Waals surface area (Å²) in [5.41, 5.74) is 10.9. The minimum absolute atomic E-state index is 0.0483. The molecule has 1 heterocycles. The molecule has 1 saturated carbocycles. The van der Waals surface area contributed by atoms with Crippen LogP contribution >= 0.6 is 11.6 Å². The van der Waals surface area contributed by atoms with Crippen LogP contribution in [0.2, 0.25) is 5.02 Å². The number of carbonyl (C=O) groups is 1. The highest BCUT2D eigenvalue weighted by atomic mass is 35.5. The highest BCUT2D eigenvalue weighted by Gasteiger charge is 2.20. The Morgan fingerprint density at radius 1 is 1.05 bits per heavy atom. The predicted molar refractivity (Wildman–Crippen MR) is 167 cm³/mol. The number of guanidine groups is 1. The number of halogens is 1. The van der Waals surface area contributed by atoms with E-state index in [0.717, 1.165) is 16.8 Å². The fourth-order valence-corrected chi connectivity index (χ4v) is 5.43. The maximum atomic E-state index is 12.6. The summed E-state index contributed by atoms with van der Waals surface area (Å²) in [6.07, 6.45) is 6.41. The molecule has 0 bridgehead atoms. The molecule has 218 valence electrons. The van der Waals surface area contributed by atoms with E-state index in [1.54, 1.807) is 12.1 Å². The van der Waals surface area contributed by atoms with Crippen molar-refractivity contribution in [1.82, 2.24) is 25.9 Å². The van der Waals surface area contributed by atoms with Crippen LogP contribution in [0.1, 0.15) is 78.0 Å². The van der Waals surface area contributed by atoms with Gasteiger partial charge in [0.2, 0.25) is 5.96 Å². The summed E-state index contributed by atoms with van der Waals surface area (Å²) in [4.78, 5) is 19.4. The van der Waals surface area contributed by atoms with Crippen LogP contribution in [0.25, 0.3) is 0 Å². The van der Waals surface area contributed by atoms with Gasteiger partial charge in [-0.3, -0.25) is 10.1 Å². The van der Waals surface area contributed by atoms with Crippen molar-refractivity contribution >= 4 is 35.1 Å². The second-order valence-electron chi connectivity index (χ2n) is 10.5. The summed E-state index contributed by atoms with van der Waals surface area (Å²) in [5.74, 6) is 1.08. The third-order valence-corrected chi connectivity index (χ3v) is 7.87. The molecule has 1 fully saturated rings. The van der Waals surface area contributed by atoms with Crippen LogP contribution in [0.5, 0.6) is 0 Å². The van der Waals surface area contributed by atoms with Gasteiger partial charge in [0, 0.05) is 16.3 Å². The van der Waals surface area contributed by atoms with Crippen molar-refractivity contribution in [3.8, 4) is 0 Å². The van der Waals surface area contributed by atoms with Gasteiger partial charge in [-0.25, -0.2) is 4.99 Å². The van der Waals surface area contributed by atoms with Crippen molar-refractivity contribution in [3.05, 3.63) is 100 Å². The number of rotatable bonds is 9. The van der Waals surface area contributed by atoms with E-state index in [4.69, 9.17) is 17.3 Å². The average Bonchev–Trinajstić information content (AvgIpc) is 3.54. The van der Waals surface area contributed by atoms with Crippen LogP contribution in [0, 0.1) is 0 Å². The van der Waals surface area contributed by atoms with Gasteiger partial charge >= 0.3 is 0 Å². The molecule has 1 aliphatic rings. The van der Waals surface area contributed by atoms with E-state index in [-0.39, 0.29) is 24.6 Å². The number of amides is 1. The standard InChI is InChI=1S/C31H36ClN9O/c1-21(23-11-15-27(32)16-12-23)35-31(34-20-33)41(28-17-13-25(14-18-28)24-5-3-2-4-6-24)19-22-7-9-26(10-8-22)29(42)36-30-37-39-40-38-30/h7-18,21,24H,2-6,19-20,33H2,1H3,(H,34,35)(H2,36,37,38,39,40,42). The van der Waals surface area contributed by atoms with Crippen LogP contribution in [-0.4, -0.2) is 39.2 Å². The van der Waals surface area contributed by atoms with Crippen LogP contribution in [0.3, 0.4) is 0 Å². The minimum atomic E-state index is -0.318. The Morgan fingerprint density at radius 2 is 1.76 bits per heavy atom. The quantitative estimate of drug-likeness (QED) is 0.144. The second kappa shape index (κ2) is 14.1. The second-order valence-corrected chi connectivity index (χ2v) is 10.9. The van der Waals surface area contributed by atoms with Crippen molar-refractivity contribution in [2.45, 2.75) is 57.5 Å². The highest BCUT2D eigenvalue weighted by Crippen LogP contribution is 2.33. The van der Waals surface area contributed by atoms with E-state index in [0.29, 0.717) is 29.0 Å². The molecule has 11 heteroatoms. The van der Waals surface area contributed by atoms with Gasteiger partial charge in [-0.2, -0.15) is 5.21 Å². The predicted octanol–water partition coefficient (Wildman–Crippen LogP) is 5.78. The zero-order valence-electron chi connectivity index (χ0n) is 23.6. The molecule has 42 heavy (non-hydrogen) atoms. The first-order valence-corrected chi connectivity index (χ1v) is 14.7. The summed E-state index contributed by atoms with van der Waals surface area (Å²) >= 11 is 6.12. The smallest absolute Gasteiger partial charge is 0.270 e. The van der Waals surface area contributed by atoms with E-state index in [1.807, 2.05) is 36.4 Å². The number of nitrogens with one attached hydrogen (secondary N) is 3. The molecule has 5 rings (SSSR count). The number of aliphatic imine (C=N–C) groups is 1. The van der Waals surface area contributed by atoms with E-state index in [2.05, 4.69) is 72.3 Å². The first-order valence-electron chi connectivity index (χ1n) is 14.3. The molecule has 1 aromatic heterocycles. The molecule has 3 aromatic carbocycles. The molecule has 5 N–H and O–H groups in total. The number of tetrazole rings is 1. The molecule has 0 saturated heterocycles. The van der Waals surface area contributed by atoms with Gasteiger partial charge in [0.25, 0.3) is 11.9 Å². The Morgan fingerprint density at radius 3 is 2.40 bits per heavy atom. The Balaban J connectivity index is 1.40. The molecular formula is C31H36ClN9O. The SMILES string of the molecule is CC(N/C(=N/CN)N(Cc1ccc(C(=O)Nc2nn[nH]n2)cc1)c1ccc(C2CCCCC2)cc1)c1ccc(Cl)cc1. The van der Waals surface area contributed by atoms with Crippen molar-refractivity contribution in [3.63, 3.8) is 0 Å². The Kier molecular flexibility index (Phi) is 9.78. The van der Waals surface area contributed by atoms with E-state index >= 15 is 0 Å². The lowest BCUT2D eigenvalue weighted by molar-refractivity contribution is 0.102. The molecular weight excluding hydrogens is 550 g/mol. The molecule has 1 amide bonds. The Hall–Kier alpha value is -4.28.